The van der Waals surface area contributed by atoms with Gasteiger partial charge in [0.05, 0.1) is 0 Å². The van der Waals surface area contributed by atoms with Gasteiger partial charge < -0.3 is 0 Å². The molecule has 0 nitrogen and oxygen atoms in total. The van der Waals surface area contributed by atoms with E-state index in [2.05, 4.69) is 19.1 Å². The third-order valence-corrected chi connectivity index (χ3v) is 2.12. The highest BCUT2D eigenvalue weighted by molar-refractivity contribution is 5.38. The number of hydrogen-bond donors (Lipinski definition) is 0. The fourth-order valence-corrected chi connectivity index (χ4v) is 1.46. The van der Waals surface area contributed by atoms with Crippen molar-refractivity contribution in [2.75, 3.05) is 0 Å². The Kier molecular flexibility index (Phi) is 0.895. The minimum absolute atomic E-state index is 1.22. The summed E-state index contributed by atoms with van der Waals surface area (Å²) in [7, 11) is 0. The van der Waals surface area contributed by atoms with E-state index in [0.29, 0.717) is 0 Å². The van der Waals surface area contributed by atoms with Crippen molar-refractivity contribution in [2.45, 2.75) is 19.8 Å². The van der Waals surface area contributed by atoms with Crippen LogP contribution in [0.5, 0.6) is 0 Å². The highest BCUT2D eigenvalue weighted by Crippen LogP contribution is 2.22. The fourth-order valence-electron chi connectivity index (χ4n) is 1.46. The van der Waals surface area contributed by atoms with Gasteiger partial charge in [0.15, 0.2) is 0 Å². The predicted octanol–water partition coefficient (Wildman–Crippen LogP) is 1.89. The summed E-state index contributed by atoms with van der Waals surface area (Å²) >= 11 is 0. The lowest BCUT2D eigenvalue weighted by atomic mass is 10.1. The first-order chi connectivity index (χ1) is 4.38. The average Bonchev–Trinajstić information content (AvgIpc) is 2.19. The quantitative estimate of drug-likeness (QED) is 0.487. The van der Waals surface area contributed by atoms with Gasteiger partial charge in [-0.15, -0.1) is 0 Å². The minimum Gasteiger partial charge on any atom is -0.0581 e. The molecule has 0 aliphatic heterocycles. The normalized spacial score (nSPS) is 14.3. The van der Waals surface area contributed by atoms with E-state index < -0.39 is 0 Å². The van der Waals surface area contributed by atoms with E-state index in [1.807, 2.05) is 6.07 Å². The second-order valence-electron chi connectivity index (χ2n) is 2.61. The van der Waals surface area contributed by atoms with Gasteiger partial charge >= 0.3 is 0 Å². The maximum Gasteiger partial charge on any atom is -0.0146 e. The molecule has 2 bridgehead atoms. The van der Waals surface area contributed by atoms with Crippen molar-refractivity contribution in [2.24, 2.45) is 0 Å². The van der Waals surface area contributed by atoms with Gasteiger partial charge in [-0.05, 0) is 42.5 Å². The zero-order chi connectivity index (χ0) is 6.27. The molecule has 0 atom stereocenters. The minimum atomic E-state index is 1.22. The molecule has 0 heterocycles. The zero-order valence-electron chi connectivity index (χ0n) is 5.57. The van der Waals surface area contributed by atoms with Crippen LogP contribution >= 0.6 is 0 Å². The van der Waals surface area contributed by atoms with Crippen LogP contribution in [-0.2, 0) is 12.8 Å². The third kappa shape index (κ3) is 0.593. The van der Waals surface area contributed by atoms with E-state index in [0.717, 1.165) is 0 Å². The van der Waals surface area contributed by atoms with Crippen molar-refractivity contribution in [3.8, 4) is 0 Å². The van der Waals surface area contributed by atoms with E-state index >= 15 is 0 Å². The van der Waals surface area contributed by atoms with Crippen LogP contribution in [0.4, 0.5) is 0 Å². The number of rotatable bonds is 0. The van der Waals surface area contributed by atoms with E-state index in [9.17, 15) is 0 Å². The zero-order valence-corrected chi connectivity index (χ0v) is 5.57. The molecule has 0 saturated heterocycles. The first kappa shape index (κ1) is 5.04. The molecular weight excluding hydrogens is 108 g/mol. The van der Waals surface area contributed by atoms with Gasteiger partial charge in [0.2, 0.25) is 0 Å². The summed E-state index contributed by atoms with van der Waals surface area (Å²) < 4.78 is 0. The van der Waals surface area contributed by atoms with Gasteiger partial charge in [0, 0.05) is 0 Å². The molecule has 45 valence electrons. The molecule has 1 radical (unpaired) electrons. The summed E-state index contributed by atoms with van der Waals surface area (Å²) in [5.41, 5.74) is 4.41. The van der Waals surface area contributed by atoms with E-state index in [1.54, 1.807) is 0 Å². The molecular formula is C9H9. The Morgan fingerprint density at radius 3 is 3.00 bits per heavy atom. The predicted molar refractivity (Wildman–Crippen MR) is 37.4 cm³/mol. The molecule has 0 N–H and O–H groups in total. The number of aryl methyl sites for hydroxylation is 2. The monoisotopic (exact) mass is 117 g/mol. The summed E-state index contributed by atoms with van der Waals surface area (Å²) in [5, 5.41) is 0. The average molecular weight is 117 g/mol. The number of benzene rings is 1. The molecule has 0 fully saturated rings. The number of hydrogen-bond acceptors (Lipinski definition) is 0. The molecule has 9 heavy (non-hydrogen) atoms. The molecule has 0 saturated carbocycles. The Hall–Kier alpha value is -0.780. The summed E-state index contributed by atoms with van der Waals surface area (Å²) in [5.74, 6) is 0. The highest BCUT2D eigenvalue weighted by Gasteiger charge is 2.10. The van der Waals surface area contributed by atoms with Crippen LogP contribution < -0.4 is 0 Å². The Morgan fingerprint density at radius 2 is 2.33 bits per heavy atom. The Morgan fingerprint density at radius 1 is 1.44 bits per heavy atom. The van der Waals surface area contributed by atoms with Crippen molar-refractivity contribution in [3.63, 3.8) is 0 Å². The fraction of sp³-hybridized carbons (Fsp3) is 0.333. The maximum absolute atomic E-state index is 3.24. The van der Waals surface area contributed by atoms with Crippen LogP contribution in [0.3, 0.4) is 0 Å². The lowest BCUT2D eigenvalue weighted by molar-refractivity contribution is 1.03. The Labute approximate surface area is 55.5 Å². The summed E-state index contributed by atoms with van der Waals surface area (Å²) in [6.07, 6.45) is 2.46. The summed E-state index contributed by atoms with van der Waals surface area (Å²) in [6, 6.07) is 7.44. The first-order valence-electron chi connectivity index (χ1n) is 3.37. The second-order valence-corrected chi connectivity index (χ2v) is 2.61. The van der Waals surface area contributed by atoms with E-state index in [4.69, 9.17) is 0 Å². The Balaban J connectivity index is 2.71. The first-order valence-corrected chi connectivity index (χ1v) is 3.37. The molecule has 0 heteroatoms. The molecule has 0 spiro atoms. The van der Waals surface area contributed by atoms with Crippen LogP contribution in [0, 0.1) is 13.0 Å². The smallest absolute Gasteiger partial charge is 0.0146 e. The van der Waals surface area contributed by atoms with Crippen molar-refractivity contribution in [3.05, 3.63) is 34.9 Å². The second kappa shape index (κ2) is 1.60. The lowest BCUT2D eigenvalue weighted by Crippen LogP contribution is -1.77. The van der Waals surface area contributed by atoms with Crippen LogP contribution in [0.15, 0.2) is 12.1 Å². The lowest BCUT2D eigenvalue weighted by Gasteiger charge is -1.93. The maximum atomic E-state index is 3.24. The summed E-state index contributed by atoms with van der Waals surface area (Å²) in [6.45, 7) is 2.19. The van der Waals surface area contributed by atoms with Gasteiger partial charge in [-0.25, -0.2) is 0 Å². The van der Waals surface area contributed by atoms with Crippen LogP contribution in [0.25, 0.3) is 0 Å². The largest absolute Gasteiger partial charge is 0.0581 e. The molecule has 2 rings (SSSR count). The van der Waals surface area contributed by atoms with Gasteiger partial charge in [0.1, 0.15) is 0 Å². The van der Waals surface area contributed by atoms with E-state index in [-0.39, 0.29) is 0 Å². The molecule has 1 aliphatic carbocycles. The van der Waals surface area contributed by atoms with Gasteiger partial charge in [-0.1, -0.05) is 12.1 Å². The molecule has 1 aromatic rings. The van der Waals surface area contributed by atoms with E-state index in [1.165, 1.54) is 29.5 Å². The molecule has 0 amide bonds. The molecule has 0 aromatic heterocycles. The standard InChI is InChI=1S/C9H9/c1-7-8-3-2-4-9(7)6-5-8/h2-3H,5-6H2,1H3. The van der Waals surface area contributed by atoms with Crippen molar-refractivity contribution < 1.29 is 0 Å². The van der Waals surface area contributed by atoms with Crippen LogP contribution in [0.1, 0.15) is 16.7 Å². The van der Waals surface area contributed by atoms with Crippen molar-refractivity contribution >= 4 is 0 Å². The van der Waals surface area contributed by atoms with Crippen LogP contribution in [-0.4, -0.2) is 0 Å². The molecule has 0 unspecified atom stereocenters. The summed E-state index contributed by atoms with van der Waals surface area (Å²) in [4.78, 5) is 0. The van der Waals surface area contributed by atoms with Gasteiger partial charge in [0.25, 0.3) is 0 Å². The molecule has 1 aliphatic rings. The third-order valence-electron chi connectivity index (χ3n) is 2.12. The Bertz CT molecular complexity index is 214. The van der Waals surface area contributed by atoms with Gasteiger partial charge in [-0.2, -0.15) is 0 Å². The van der Waals surface area contributed by atoms with Crippen molar-refractivity contribution in [1.29, 1.82) is 0 Å². The topological polar surface area (TPSA) is 0 Å². The SMILES string of the molecule is Cc1c2[c]ccc1CC2. The van der Waals surface area contributed by atoms with Crippen LogP contribution in [0.2, 0.25) is 0 Å². The highest BCUT2D eigenvalue weighted by atomic mass is 14.1. The van der Waals surface area contributed by atoms with Crippen molar-refractivity contribution in [1.82, 2.24) is 0 Å². The molecule has 1 aromatic carbocycles. The number of fused-ring (bicyclic) bond motifs is 2. The van der Waals surface area contributed by atoms with Gasteiger partial charge in [-0.3, -0.25) is 0 Å².